The maximum absolute atomic E-state index is 10.4. The molecule has 3 rings (SSSR count). The molecule has 6 nitrogen and oxygen atoms in total. The molecule has 1 aromatic heterocycles. The fourth-order valence-electron chi connectivity index (χ4n) is 3.61. The van der Waals surface area contributed by atoms with Crippen molar-refractivity contribution in [2.24, 2.45) is 0 Å². The second-order valence-electron chi connectivity index (χ2n) is 7.06. The second-order valence-corrected chi connectivity index (χ2v) is 9.12. The lowest BCUT2D eigenvalue weighted by Gasteiger charge is -2.35. The fourth-order valence-corrected chi connectivity index (χ4v) is 4.66. The average molecular weight is 425 g/mol. The van der Waals surface area contributed by atoms with E-state index in [1.54, 1.807) is 18.2 Å². The van der Waals surface area contributed by atoms with Crippen LogP contribution >= 0.6 is 22.5 Å². The monoisotopic (exact) mass is 424 g/mol. The minimum absolute atomic E-state index is 0.188. The van der Waals surface area contributed by atoms with E-state index in [2.05, 4.69) is 16.7 Å². The van der Waals surface area contributed by atoms with Crippen LogP contribution in [-0.2, 0) is 12.8 Å². The highest BCUT2D eigenvalue weighted by Gasteiger charge is 2.30. The molecule has 1 atom stereocenters. The molecule has 3 N–H and O–H groups in total. The first-order chi connectivity index (χ1) is 13.3. The van der Waals surface area contributed by atoms with E-state index >= 15 is 0 Å². The molecule has 1 aromatic carbocycles. The van der Waals surface area contributed by atoms with Crippen LogP contribution in [0.15, 0.2) is 41.3 Å². The van der Waals surface area contributed by atoms with Crippen molar-refractivity contribution in [3.05, 3.63) is 52.7 Å². The lowest BCUT2D eigenvalue weighted by molar-refractivity contribution is 0.260. The van der Waals surface area contributed by atoms with E-state index in [0.717, 1.165) is 43.5 Å². The van der Waals surface area contributed by atoms with Crippen LogP contribution in [0, 0.1) is 0 Å². The van der Waals surface area contributed by atoms with Gasteiger partial charge in [0.1, 0.15) is 0 Å². The Kier molecular flexibility index (Phi) is 6.91. The largest absolute Gasteiger partial charge is 0.437 e. The highest BCUT2D eigenvalue weighted by atomic mass is 35.5. The molecule has 2 aromatic rings. The summed E-state index contributed by atoms with van der Waals surface area (Å²) in [6.07, 6.45) is 3.44. The number of aromatic nitrogens is 1. The number of halogens is 1. The van der Waals surface area contributed by atoms with Crippen LogP contribution in [0.4, 0.5) is 0 Å². The van der Waals surface area contributed by atoms with Crippen LogP contribution in [0.1, 0.15) is 31.0 Å². The van der Waals surface area contributed by atoms with Crippen molar-refractivity contribution in [3.63, 3.8) is 0 Å². The van der Waals surface area contributed by atoms with E-state index in [9.17, 15) is 14.1 Å². The first-order valence-electron chi connectivity index (χ1n) is 9.46. The molecule has 28 heavy (non-hydrogen) atoms. The van der Waals surface area contributed by atoms with E-state index in [1.165, 1.54) is 12.1 Å². The number of hydrogen-bond acceptors (Lipinski definition) is 6. The number of fused-ring (bicyclic) bond motifs is 1. The van der Waals surface area contributed by atoms with Crippen molar-refractivity contribution < 1.29 is 18.3 Å². The Morgan fingerprint density at radius 2 is 1.96 bits per heavy atom. The Bertz CT molecular complexity index is 807. The molecular formula is C19H26BClN2O4S. The summed E-state index contributed by atoms with van der Waals surface area (Å²) in [4.78, 5) is 6.88. The van der Waals surface area contributed by atoms with Gasteiger partial charge in [0.2, 0.25) is 5.88 Å². The van der Waals surface area contributed by atoms with Gasteiger partial charge in [0.05, 0.1) is 4.90 Å². The Morgan fingerprint density at radius 3 is 2.61 bits per heavy atom. The summed E-state index contributed by atoms with van der Waals surface area (Å²) >= 11 is 5.85. The van der Waals surface area contributed by atoms with Crippen molar-refractivity contribution in [2.45, 2.75) is 50.4 Å². The third-order valence-corrected chi connectivity index (χ3v) is 6.51. The van der Waals surface area contributed by atoms with Gasteiger partial charge in [0, 0.05) is 22.8 Å². The van der Waals surface area contributed by atoms with Gasteiger partial charge in [-0.1, -0.05) is 24.6 Å². The van der Waals surface area contributed by atoms with Gasteiger partial charge in [-0.15, -0.1) is 0 Å². The maximum Gasteiger partial charge on any atom is 0.376 e. The zero-order chi connectivity index (χ0) is 20.3. The number of aryl methyl sites for hydroxylation is 1. The van der Waals surface area contributed by atoms with E-state index in [0.29, 0.717) is 5.02 Å². The smallest absolute Gasteiger partial charge is 0.376 e. The standard InChI is InChI=1S/C19H26BClN2O4S/c1-3-12-23(20(2)24)16-7-10-18-14(13-16)4-11-19(22-18)27-28(25,26)17-8-5-15(21)6-9-17/h4-6,8-9,11,16,24-26H,3,7,10,12-13H2,1-2H3. The third-order valence-electron chi connectivity index (χ3n) is 4.97. The molecule has 1 heterocycles. The topological polar surface area (TPSA) is 86.1 Å². The first kappa shape index (κ1) is 21.4. The quantitative estimate of drug-likeness (QED) is 0.567. The Hall–Kier alpha value is -1.29. The summed E-state index contributed by atoms with van der Waals surface area (Å²) in [5.74, 6) is 0.188. The molecule has 0 saturated carbocycles. The molecule has 0 aliphatic heterocycles. The van der Waals surface area contributed by atoms with Crippen molar-refractivity contribution in [2.75, 3.05) is 6.54 Å². The van der Waals surface area contributed by atoms with E-state index in [1.807, 2.05) is 12.9 Å². The maximum atomic E-state index is 10.4. The Labute approximate surface area is 173 Å². The van der Waals surface area contributed by atoms with Crippen LogP contribution in [0.2, 0.25) is 11.8 Å². The molecule has 0 amide bonds. The van der Waals surface area contributed by atoms with Crippen LogP contribution in [0.3, 0.4) is 0 Å². The minimum atomic E-state index is -3.46. The summed E-state index contributed by atoms with van der Waals surface area (Å²) in [6.45, 7) is 4.77. The third kappa shape index (κ3) is 5.00. The van der Waals surface area contributed by atoms with Gasteiger partial charge in [-0.2, -0.15) is 0 Å². The zero-order valence-corrected chi connectivity index (χ0v) is 17.7. The molecule has 0 radical (unpaired) electrons. The second kappa shape index (κ2) is 9.03. The molecule has 0 fully saturated rings. The van der Waals surface area contributed by atoms with Crippen LogP contribution in [-0.4, -0.2) is 43.6 Å². The summed E-state index contributed by atoms with van der Waals surface area (Å²) in [6, 6.07) is 10.1. The predicted molar refractivity (Wildman–Crippen MR) is 114 cm³/mol. The summed E-state index contributed by atoms with van der Waals surface area (Å²) in [5.41, 5.74) is 2.01. The SMILES string of the molecule is CCCN(B(C)O)C1CCc2nc(OS(O)(O)c3ccc(Cl)cc3)ccc2C1. The van der Waals surface area contributed by atoms with Gasteiger partial charge in [0.25, 0.3) is 0 Å². The molecule has 1 aliphatic carbocycles. The molecule has 1 unspecified atom stereocenters. The zero-order valence-electron chi connectivity index (χ0n) is 16.1. The number of pyridine rings is 1. The molecular weight excluding hydrogens is 399 g/mol. The molecule has 1 aliphatic rings. The molecule has 0 saturated heterocycles. The first-order valence-corrected chi connectivity index (χ1v) is 11.3. The number of hydrogen-bond donors (Lipinski definition) is 3. The Balaban J connectivity index is 1.73. The van der Waals surface area contributed by atoms with Crippen molar-refractivity contribution >= 4 is 29.5 Å². The van der Waals surface area contributed by atoms with Gasteiger partial charge < -0.3 is 14.0 Å². The number of rotatable bonds is 7. The lowest BCUT2D eigenvalue weighted by atomic mass is 9.78. The molecule has 0 spiro atoms. The van der Waals surface area contributed by atoms with Crippen LogP contribution in [0.5, 0.6) is 5.88 Å². The Morgan fingerprint density at radius 1 is 1.25 bits per heavy atom. The van der Waals surface area contributed by atoms with Gasteiger partial charge in [-0.25, -0.2) is 4.98 Å². The minimum Gasteiger partial charge on any atom is -0.437 e. The van der Waals surface area contributed by atoms with E-state index in [-0.39, 0.29) is 16.8 Å². The predicted octanol–water partition coefficient (Wildman–Crippen LogP) is 4.52. The van der Waals surface area contributed by atoms with Crippen molar-refractivity contribution in [1.82, 2.24) is 9.79 Å². The molecule has 152 valence electrons. The van der Waals surface area contributed by atoms with Gasteiger partial charge in [0.15, 0.2) is 10.9 Å². The van der Waals surface area contributed by atoms with Crippen molar-refractivity contribution in [3.8, 4) is 5.88 Å². The molecule has 9 heteroatoms. The highest BCUT2D eigenvalue weighted by Crippen LogP contribution is 2.49. The van der Waals surface area contributed by atoms with E-state index < -0.39 is 17.9 Å². The number of nitrogens with zero attached hydrogens (tertiary/aromatic N) is 2. The van der Waals surface area contributed by atoms with E-state index in [4.69, 9.17) is 15.8 Å². The normalized spacial score (nSPS) is 17.3. The van der Waals surface area contributed by atoms with Crippen molar-refractivity contribution in [1.29, 1.82) is 0 Å². The average Bonchev–Trinajstić information content (AvgIpc) is 2.65. The molecule has 0 bridgehead atoms. The van der Waals surface area contributed by atoms with Gasteiger partial charge in [-0.05, 0) is 68.9 Å². The van der Waals surface area contributed by atoms with Gasteiger partial charge >= 0.3 is 7.05 Å². The number of benzene rings is 1. The lowest BCUT2D eigenvalue weighted by Crippen LogP contribution is -2.47. The van der Waals surface area contributed by atoms with Gasteiger partial charge in [-0.3, -0.25) is 9.11 Å². The summed E-state index contributed by atoms with van der Waals surface area (Å²) in [7, 11) is -3.94. The van der Waals surface area contributed by atoms with Crippen LogP contribution < -0.4 is 4.18 Å². The fraction of sp³-hybridized carbons (Fsp3) is 0.421. The summed E-state index contributed by atoms with van der Waals surface area (Å²) in [5, 5.41) is 10.6. The van der Waals surface area contributed by atoms with Crippen LogP contribution in [0.25, 0.3) is 0 Å². The highest BCUT2D eigenvalue weighted by molar-refractivity contribution is 8.20. The summed E-state index contributed by atoms with van der Waals surface area (Å²) < 4.78 is 26.2.